The summed E-state index contributed by atoms with van der Waals surface area (Å²) in [6.07, 6.45) is 13.6. The van der Waals surface area contributed by atoms with Crippen LogP contribution in [0.1, 0.15) is 140 Å². The normalized spacial score (nSPS) is 25.1. The number of aromatic nitrogens is 2. The fraction of sp³-hybridized carbons (Fsp3) is 0.696. The molecule has 446 valence electrons. The van der Waals surface area contributed by atoms with Crippen molar-refractivity contribution >= 4 is 75.7 Å². The summed E-state index contributed by atoms with van der Waals surface area (Å²) >= 11 is 6.68. The quantitative estimate of drug-likeness (QED) is 0.0463. The van der Waals surface area contributed by atoms with Crippen LogP contribution < -0.4 is 0 Å². The van der Waals surface area contributed by atoms with Gasteiger partial charge in [-0.1, -0.05) is 61.0 Å². The molecule has 4 aliphatic rings. The van der Waals surface area contributed by atoms with Crippen LogP contribution in [0.3, 0.4) is 0 Å². The monoisotopic (exact) mass is 1290 g/mol. The van der Waals surface area contributed by atoms with E-state index in [0.717, 1.165) is 46.6 Å². The summed E-state index contributed by atoms with van der Waals surface area (Å²) in [4.78, 5) is 66.3. The summed E-state index contributed by atoms with van der Waals surface area (Å²) in [6, 6.07) is 7.53. The van der Waals surface area contributed by atoms with E-state index in [9.17, 15) is 28.5 Å². The molecule has 4 fully saturated rings. The number of halogens is 2. The zero-order valence-electron chi connectivity index (χ0n) is 48.4. The van der Waals surface area contributed by atoms with Gasteiger partial charge >= 0.3 is 31.5 Å². The van der Waals surface area contributed by atoms with Crippen LogP contribution in [0.4, 0.5) is 0 Å². The first-order valence-corrected chi connectivity index (χ1v) is 30.1. The van der Waals surface area contributed by atoms with Gasteiger partial charge in [-0.2, -0.15) is 0 Å². The largest absolute Gasteiger partial charge is 0.466 e. The van der Waals surface area contributed by atoms with Gasteiger partial charge < -0.3 is 53.6 Å². The number of aliphatic hydroxyl groups is 3. The number of pyridine rings is 2. The predicted molar refractivity (Wildman–Crippen MR) is 305 cm³/mol. The number of carbonyl (C=O) groups is 5. The average Bonchev–Trinajstić information content (AvgIpc) is 3.83. The molecule has 0 aromatic carbocycles. The van der Waals surface area contributed by atoms with Gasteiger partial charge in [-0.15, -0.1) is 0 Å². The Bertz CT molecular complexity index is 2000. The van der Waals surface area contributed by atoms with Crippen molar-refractivity contribution in [2.24, 2.45) is 59.2 Å². The first kappa shape index (κ1) is 79.5. The molecule has 4 heterocycles. The van der Waals surface area contributed by atoms with E-state index >= 15 is 0 Å². The van der Waals surface area contributed by atoms with E-state index in [-0.39, 0.29) is 135 Å². The third-order valence-electron chi connectivity index (χ3n) is 12.6. The Morgan fingerprint density at radius 2 is 1.08 bits per heavy atom. The zero-order chi connectivity index (χ0) is 58.0. The third kappa shape index (κ3) is 29.3. The minimum absolute atomic E-state index is 0. The van der Waals surface area contributed by atoms with Crippen LogP contribution in [-0.2, 0) is 84.4 Å². The van der Waals surface area contributed by atoms with Crippen LogP contribution in [0.15, 0.2) is 51.7 Å². The topological polar surface area (TPSA) is 276 Å². The number of cyclic esters (lactones) is 2. The van der Waals surface area contributed by atoms with Crippen LogP contribution in [-0.4, -0.2) is 119 Å². The zero-order valence-corrected chi connectivity index (χ0v) is 54.0. The van der Waals surface area contributed by atoms with Gasteiger partial charge in [-0.3, -0.25) is 33.7 Å². The maximum Gasteiger partial charge on any atom is 0.336 e. The molecule has 2 saturated carbocycles. The van der Waals surface area contributed by atoms with Crippen molar-refractivity contribution in [3.05, 3.63) is 63.1 Å². The Kier molecular flexibility index (Phi) is 45.7. The minimum Gasteiger partial charge on any atom is -0.466 e. The van der Waals surface area contributed by atoms with E-state index in [1.165, 1.54) is 20.3 Å². The number of allylic oxidation sites excluding steroid dienone is 1. The van der Waals surface area contributed by atoms with Crippen molar-refractivity contribution in [2.75, 3.05) is 46.2 Å². The summed E-state index contributed by atoms with van der Waals surface area (Å²) in [6.45, 7) is 26.6. The Hall–Kier alpha value is -2.75. The summed E-state index contributed by atoms with van der Waals surface area (Å²) in [5.41, 5.74) is 1.56. The molecular weight excluding hydrogens is 1200 g/mol. The molecule has 18 nitrogen and oxygen atoms in total. The number of ether oxygens (including phenoxy) is 4. The number of fused-ring (bicyclic) bond motifs is 2. The Labute approximate surface area is 497 Å². The molecule has 0 radical (unpaired) electrons. The van der Waals surface area contributed by atoms with Gasteiger partial charge in [-0.05, 0) is 140 Å². The molecule has 6 rings (SSSR count). The van der Waals surface area contributed by atoms with E-state index in [4.69, 9.17) is 43.3 Å². The fourth-order valence-electron chi connectivity index (χ4n) is 9.17. The molecule has 5 N–H and O–H groups in total. The molecule has 0 amide bonds. The van der Waals surface area contributed by atoms with Crippen molar-refractivity contribution in [1.29, 1.82) is 0 Å². The van der Waals surface area contributed by atoms with E-state index in [2.05, 4.69) is 68.7 Å². The van der Waals surface area contributed by atoms with Crippen LogP contribution in [0.2, 0.25) is 0 Å². The fourth-order valence-corrected chi connectivity index (χ4v) is 11.3. The second-order valence-corrected chi connectivity index (χ2v) is 22.9. The number of carbonyl (C=O) groups excluding carboxylic acids is 5. The maximum atomic E-state index is 12.2. The van der Waals surface area contributed by atoms with Gasteiger partial charge in [0.15, 0.2) is 0 Å². The van der Waals surface area contributed by atoms with Crippen molar-refractivity contribution in [2.45, 2.75) is 147 Å². The second-order valence-electron chi connectivity index (χ2n) is 19.0. The molecule has 12 atom stereocenters. The van der Waals surface area contributed by atoms with Crippen molar-refractivity contribution < 1.29 is 99.0 Å². The first-order chi connectivity index (χ1) is 36.1. The molecule has 0 spiro atoms. The number of nitrogens with zero attached hydrogens (tertiary/aromatic N) is 2. The van der Waals surface area contributed by atoms with Crippen LogP contribution in [0, 0.1) is 59.2 Å². The molecule has 0 unspecified atom stereocenters. The molecule has 22 heteroatoms. The van der Waals surface area contributed by atoms with Crippen molar-refractivity contribution in [3.8, 4) is 0 Å². The van der Waals surface area contributed by atoms with Crippen molar-refractivity contribution in [3.63, 3.8) is 0 Å². The molecule has 2 aromatic heterocycles. The molecule has 2 aromatic rings. The summed E-state index contributed by atoms with van der Waals surface area (Å²) in [7, 11) is -3.03. The van der Waals surface area contributed by atoms with Crippen LogP contribution in [0.5, 0.6) is 0 Å². The van der Waals surface area contributed by atoms with Gasteiger partial charge in [-0.25, -0.2) is 0 Å². The summed E-state index contributed by atoms with van der Waals surface area (Å²) in [5.74, 6) is -0.790. The van der Waals surface area contributed by atoms with Gasteiger partial charge in [0.2, 0.25) is 0 Å². The maximum absolute atomic E-state index is 12.2. The minimum atomic E-state index is -3.03. The Morgan fingerprint density at radius 3 is 1.41 bits per heavy atom. The molecule has 2 aliphatic heterocycles. The van der Waals surface area contributed by atoms with E-state index in [1.54, 1.807) is 32.3 Å². The molecule has 78 heavy (non-hydrogen) atoms. The average molecular weight is 1290 g/mol. The standard InChI is InChI=1S/C20H24BrNO4.C14H20O5.C10H15BrNO3P.3C3H8O.C3H8.H2O.Ti/c1-11-8-17-19(12(2)26-20(17)24)16(18(11)10-25-13(3)23)7-6-15-5-4-14(21)9-22-15;1-7-4-10-13(8(2)19-14(10)17)11(5-15)12(7)6-18-9(3)16;1-3-14-16(13,15-4-2)8-10-6-5-9(11)7-12-10;3*1-2-3-4;1-3-2;;/h4-7,9,11-12,16-19H,8,10H2,1-3H3;5,7-8,10-13H,4,6H2,1-3H3;5-7H,3-4,8H2,1-2H3;3*4H,2-3H2,1H3;3H2,1-2H3;1H2;/b7-6+;;;;;;;;/t11-,12+,16-,17+,18+,19-;7-,8+,10+,11-,12+,13+;;;;;;;/m00......./s1. The number of rotatable bonds is 16. The van der Waals surface area contributed by atoms with E-state index in [1.807, 2.05) is 65.8 Å². The smallest absolute Gasteiger partial charge is 0.336 e. The predicted octanol–water partition coefficient (Wildman–Crippen LogP) is 10.4. The van der Waals surface area contributed by atoms with Crippen LogP contribution in [0.25, 0.3) is 6.08 Å². The van der Waals surface area contributed by atoms with E-state index in [0.29, 0.717) is 51.8 Å². The number of esters is 4. The molecule has 2 saturated heterocycles. The second kappa shape index (κ2) is 44.9. The SMILES string of the molecule is CC(=O)OC[C@H]1[C@H](/C=C/c2ccc(Br)cn2)[C@@H]2[C@@H](C)OC(=O)[C@@H]2C[C@@H]1C.CC(=O)OC[C@H]1[C@H](C=O)[C@@H]2[C@@H](C)OC(=O)[C@@H]2C[C@@H]1C.CCC.CCCO.CCCO.CCCO.CCOP(=O)(Cc1ccc(Br)cn1)OCC.O.[Ti]. The number of aliphatic hydroxyl groups excluding tert-OH is 3. The number of aldehydes is 1. The van der Waals surface area contributed by atoms with Crippen LogP contribution >= 0.6 is 39.5 Å². The summed E-state index contributed by atoms with van der Waals surface area (Å²) in [5, 5.41) is 23.6. The first-order valence-electron chi connectivity index (χ1n) is 26.8. The summed E-state index contributed by atoms with van der Waals surface area (Å²) < 4.78 is 45.6. The number of hydrogen-bond acceptors (Lipinski definition) is 17. The Balaban J connectivity index is -0.000000963. The third-order valence-corrected chi connectivity index (χ3v) is 15.6. The van der Waals surface area contributed by atoms with Gasteiger partial charge in [0.05, 0.1) is 55.8 Å². The van der Waals surface area contributed by atoms with Gasteiger partial charge in [0.25, 0.3) is 0 Å². The Morgan fingerprint density at radius 1 is 0.692 bits per heavy atom. The molecule has 0 bridgehead atoms. The van der Waals surface area contributed by atoms with Gasteiger partial charge in [0.1, 0.15) is 18.5 Å². The van der Waals surface area contributed by atoms with Gasteiger partial charge in [0, 0.05) is 106 Å². The molecule has 2 aliphatic carbocycles. The molecular formula is C56H93Br2N2O16PTi. The van der Waals surface area contributed by atoms with E-state index < -0.39 is 7.60 Å². The number of hydrogen-bond donors (Lipinski definition) is 3. The van der Waals surface area contributed by atoms with Crippen molar-refractivity contribution in [1.82, 2.24) is 9.97 Å².